The number of hydrogen-bond acceptors (Lipinski definition) is 2. The minimum Gasteiger partial charge on any atom is -0.311 e. The monoisotopic (exact) mass is 184 g/mol. The highest BCUT2D eigenvalue weighted by Gasteiger charge is 2.34. The smallest absolute Gasteiger partial charge is 0.0233 e. The molecule has 0 saturated carbocycles. The number of halogens is 2. The summed E-state index contributed by atoms with van der Waals surface area (Å²) >= 11 is 0. The minimum absolute atomic E-state index is 0. The number of nitrogens with one attached hydrogen (secondary N) is 1. The Morgan fingerprint density at radius 2 is 2.10 bits per heavy atom. The van der Waals surface area contributed by atoms with Crippen LogP contribution in [0.1, 0.15) is 6.42 Å². The van der Waals surface area contributed by atoms with Crippen LogP contribution < -0.4 is 5.32 Å². The highest BCUT2D eigenvalue weighted by molar-refractivity contribution is 5.85. The number of fused-ring (bicyclic) bond motifs is 2. The van der Waals surface area contributed by atoms with Crippen molar-refractivity contribution in [1.29, 1.82) is 0 Å². The third kappa shape index (κ3) is 1.56. The molecule has 2 nitrogen and oxygen atoms in total. The highest BCUT2D eigenvalue weighted by atomic mass is 35.5. The van der Waals surface area contributed by atoms with E-state index in [1.165, 1.54) is 19.5 Å². The summed E-state index contributed by atoms with van der Waals surface area (Å²) in [5.41, 5.74) is 0. The number of piperazine rings is 1. The van der Waals surface area contributed by atoms with Crippen molar-refractivity contribution in [1.82, 2.24) is 10.2 Å². The second-order valence-electron chi connectivity index (χ2n) is 2.93. The highest BCUT2D eigenvalue weighted by Crippen LogP contribution is 2.20. The Balaban J connectivity index is 0.000000405. The zero-order valence-corrected chi connectivity index (χ0v) is 7.67. The predicted octanol–water partition coefficient (Wildman–Crippen LogP) is 0.506. The SMILES string of the molecule is CN1CC2C[C@H]1CN2.Cl.Cl. The van der Waals surface area contributed by atoms with Crippen molar-refractivity contribution in [3.05, 3.63) is 0 Å². The largest absolute Gasteiger partial charge is 0.311 e. The maximum absolute atomic E-state index is 3.44. The molecule has 0 radical (unpaired) electrons. The lowest BCUT2D eigenvalue weighted by molar-refractivity contribution is 0.276. The van der Waals surface area contributed by atoms with Crippen LogP contribution in [0, 0.1) is 0 Å². The molecule has 0 aliphatic carbocycles. The molecule has 2 atom stereocenters. The molecule has 2 fully saturated rings. The second kappa shape index (κ2) is 3.77. The van der Waals surface area contributed by atoms with Gasteiger partial charge in [-0.2, -0.15) is 0 Å². The van der Waals surface area contributed by atoms with Gasteiger partial charge in [0.25, 0.3) is 0 Å². The molecule has 0 aromatic rings. The van der Waals surface area contributed by atoms with E-state index in [1.807, 2.05) is 0 Å². The van der Waals surface area contributed by atoms with E-state index in [0.29, 0.717) is 0 Å². The van der Waals surface area contributed by atoms with Gasteiger partial charge in [-0.25, -0.2) is 0 Å². The van der Waals surface area contributed by atoms with E-state index in [-0.39, 0.29) is 24.8 Å². The van der Waals surface area contributed by atoms with Gasteiger partial charge in [-0.1, -0.05) is 0 Å². The van der Waals surface area contributed by atoms with Gasteiger partial charge in [-0.15, -0.1) is 24.8 Å². The van der Waals surface area contributed by atoms with Crippen LogP contribution in [-0.2, 0) is 0 Å². The first-order valence-electron chi connectivity index (χ1n) is 3.30. The molecule has 10 heavy (non-hydrogen) atoms. The third-order valence-corrected chi connectivity index (χ3v) is 2.33. The summed E-state index contributed by atoms with van der Waals surface area (Å²) in [5, 5.41) is 3.44. The van der Waals surface area contributed by atoms with Crippen molar-refractivity contribution < 1.29 is 0 Å². The quantitative estimate of drug-likeness (QED) is 0.591. The van der Waals surface area contributed by atoms with Crippen LogP contribution in [-0.4, -0.2) is 37.1 Å². The average Bonchev–Trinajstić information content (AvgIpc) is 2.23. The summed E-state index contributed by atoms with van der Waals surface area (Å²) in [6.45, 7) is 2.49. The molecule has 1 N–H and O–H groups in total. The van der Waals surface area contributed by atoms with Crippen molar-refractivity contribution in [3.8, 4) is 0 Å². The Labute approximate surface area is 74.2 Å². The van der Waals surface area contributed by atoms with Crippen molar-refractivity contribution in [2.75, 3.05) is 20.1 Å². The number of likely N-dealkylation sites (N-methyl/N-ethyl adjacent to an activating group) is 1. The summed E-state index contributed by atoms with van der Waals surface area (Å²) in [6, 6.07) is 1.69. The van der Waals surface area contributed by atoms with Crippen molar-refractivity contribution in [2.24, 2.45) is 0 Å². The molecule has 0 spiro atoms. The van der Waals surface area contributed by atoms with E-state index in [1.54, 1.807) is 0 Å². The van der Waals surface area contributed by atoms with Gasteiger partial charge in [0.1, 0.15) is 0 Å². The van der Waals surface area contributed by atoms with Crippen LogP contribution in [0.15, 0.2) is 0 Å². The van der Waals surface area contributed by atoms with Crippen LogP contribution >= 0.6 is 24.8 Å². The molecular formula is C6H14Cl2N2. The summed E-state index contributed by atoms with van der Waals surface area (Å²) < 4.78 is 0. The zero-order chi connectivity index (χ0) is 5.56. The topological polar surface area (TPSA) is 15.3 Å². The van der Waals surface area contributed by atoms with Crippen LogP contribution in [0.2, 0.25) is 0 Å². The Morgan fingerprint density at radius 3 is 2.30 bits per heavy atom. The van der Waals surface area contributed by atoms with E-state index in [2.05, 4.69) is 17.3 Å². The third-order valence-electron chi connectivity index (χ3n) is 2.33. The van der Waals surface area contributed by atoms with Gasteiger partial charge in [0.15, 0.2) is 0 Å². The minimum atomic E-state index is 0. The molecule has 2 aliphatic rings. The zero-order valence-electron chi connectivity index (χ0n) is 6.04. The number of rotatable bonds is 0. The Bertz CT molecular complexity index is 108. The predicted molar refractivity (Wildman–Crippen MR) is 47.3 cm³/mol. The lowest BCUT2D eigenvalue weighted by Crippen LogP contribution is -2.41. The molecule has 0 aromatic carbocycles. The standard InChI is InChI=1S/C6H12N2.2ClH/c1-8-4-5-2-6(8)3-7-5;;/h5-7H,2-4H2,1H3;2*1H/t5?,6-;;/m0../s1. The summed E-state index contributed by atoms with van der Waals surface area (Å²) in [7, 11) is 2.21. The lowest BCUT2D eigenvalue weighted by Gasteiger charge is -2.21. The fraction of sp³-hybridized carbons (Fsp3) is 1.00. The first-order chi connectivity index (χ1) is 3.86. The molecule has 0 amide bonds. The van der Waals surface area contributed by atoms with Gasteiger partial charge in [-0.05, 0) is 13.5 Å². The summed E-state index contributed by atoms with van der Waals surface area (Å²) in [4.78, 5) is 2.45. The Hall–Kier alpha value is 0.500. The first-order valence-corrected chi connectivity index (χ1v) is 3.30. The maximum Gasteiger partial charge on any atom is 0.0233 e. The molecule has 1 unspecified atom stereocenters. The molecule has 2 heterocycles. The molecule has 62 valence electrons. The van der Waals surface area contributed by atoms with E-state index in [4.69, 9.17) is 0 Å². The van der Waals surface area contributed by atoms with E-state index < -0.39 is 0 Å². The van der Waals surface area contributed by atoms with E-state index in [9.17, 15) is 0 Å². The van der Waals surface area contributed by atoms with Gasteiger partial charge in [0.05, 0.1) is 0 Å². The van der Waals surface area contributed by atoms with Gasteiger partial charge < -0.3 is 10.2 Å². The normalized spacial score (nSPS) is 36.9. The van der Waals surface area contributed by atoms with E-state index in [0.717, 1.165) is 12.1 Å². The van der Waals surface area contributed by atoms with Crippen LogP contribution in [0.25, 0.3) is 0 Å². The molecular weight excluding hydrogens is 171 g/mol. The van der Waals surface area contributed by atoms with E-state index >= 15 is 0 Å². The number of hydrogen-bond donors (Lipinski definition) is 1. The Morgan fingerprint density at radius 1 is 1.40 bits per heavy atom. The van der Waals surface area contributed by atoms with Crippen molar-refractivity contribution in [3.63, 3.8) is 0 Å². The fourth-order valence-corrected chi connectivity index (χ4v) is 1.77. The summed E-state index contributed by atoms with van der Waals surface area (Å²) in [6.07, 6.45) is 1.39. The Kier molecular flexibility index (Phi) is 3.95. The maximum atomic E-state index is 3.44. The number of likely N-dealkylation sites (tertiary alicyclic amines) is 1. The van der Waals surface area contributed by atoms with Crippen LogP contribution in [0.5, 0.6) is 0 Å². The van der Waals surface area contributed by atoms with Crippen LogP contribution in [0.4, 0.5) is 0 Å². The van der Waals surface area contributed by atoms with Gasteiger partial charge in [-0.3, -0.25) is 0 Å². The van der Waals surface area contributed by atoms with Crippen LogP contribution in [0.3, 0.4) is 0 Å². The molecule has 4 heteroatoms. The fourth-order valence-electron chi connectivity index (χ4n) is 1.77. The molecule has 2 saturated heterocycles. The number of nitrogens with zero attached hydrogens (tertiary/aromatic N) is 1. The van der Waals surface area contributed by atoms with Gasteiger partial charge in [0.2, 0.25) is 0 Å². The average molecular weight is 185 g/mol. The molecule has 0 aromatic heterocycles. The second-order valence-corrected chi connectivity index (χ2v) is 2.93. The molecule has 2 bridgehead atoms. The van der Waals surface area contributed by atoms with Crippen molar-refractivity contribution in [2.45, 2.75) is 18.5 Å². The van der Waals surface area contributed by atoms with Gasteiger partial charge in [0, 0.05) is 25.2 Å². The first kappa shape index (κ1) is 10.5. The summed E-state index contributed by atoms with van der Waals surface area (Å²) in [5.74, 6) is 0. The molecule has 2 aliphatic heterocycles. The van der Waals surface area contributed by atoms with Crippen molar-refractivity contribution >= 4 is 24.8 Å². The lowest BCUT2D eigenvalue weighted by atomic mass is 10.2. The van der Waals surface area contributed by atoms with Gasteiger partial charge >= 0.3 is 0 Å². The molecule has 2 rings (SSSR count).